The van der Waals surface area contributed by atoms with Crippen molar-refractivity contribution in [2.24, 2.45) is 11.5 Å². The summed E-state index contributed by atoms with van der Waals surface area (Å²) >= 11 is 3.36. The summed E-state index contributed by atoms with van der Waals surface area (Å²) in [6.45, 7) is 0.197. The molecular formula is C10H11BrN2O3. The molecule has 1 aliphatic rings. The average Bonchev–Trinajstić information content (AvgIpc) is 2.64. The fourth-order valence-electron chi connectivity index (χ4n) is 1.54. The Bertz CT molecular complexity index is 436. The Morgan fingerprint density at radius 3 is 2.94 bits per heavy atom. The number of fused-ring (bicyclic) bond motifs is 1. The largest absolute Gasteiger partial charge is 0.454 e. The van der Waals surface area contributed by atoms with Crippen LogP contribution in [0.25, 0.3) is 0 Å². The quantitative estimate of drug-likeness (QED) is 0.870. The second kappa shape index (κ2) is 4.31. The summed E-state index contributed by atoms with van der Waals surface area (Å²) in [5, 5.41) is 0. The topological polar surface area (TPSA) is 87.6 Å². The lowest BCUT2D eigenvalue weighted by molar-refractivity contribution is -0.118. The lowest BCUT2D eigenvalue weighted by Gasteiger charge is -2.11. The first-order valence-electron chi connectivity index (χ1n) is 4.71. The fourth-order valence-corrected chi connectivity index (χ4v) is 2.11. The van der Waals surface area contributed by atoms with E-state index in [0.717, 1.165) is 10.0 Å². The van der Waals surface area contributed by atoms with Crippen molar-refractivity contribution in [3.8, 4) is 11.5 Å². The molecular weight excluding hydrogens is 276 g/mol. The third kappa shape index (κ3) is 2.12. The molecule has 0 fully saturated rings. The minimum absolute atomic E-state index is 0.103. The molecule has 4 N–H and O–H groups in total. The highest BCUT2D eigenvalue weighted by molar-refractivity contribution is 9.10. The zero-order chi connectivity index (χ0) is 11.7. The number of carbonyl (C=O) groups is 1. The van der Waals surface area contributed by atoms with Crippen LogP contribution >= 0.6 is 15.9 Å². The fraction of sp³-hybridized carbons (Fsp3) is 0.300. The van der Waals surface area contributed by atoms with Crippen LogP contribution in [0.3, 0.4) is 0 Å². The van der Waals surface area contributed by atoms with Crippen LogP contribution in [0, 0.1) is 0 Å². The molecule has 1 aromatic rings. The van der Waals surface area contributed by atoms with Gasteiger partial charge in [0, 0.05) is 12.5 Å². The first-order chi connectivity index (χ1) is 7.58. The van der Waals surface area contributed by atoms with Gasteiger partial charge in [-0.3, -0.25) is 4.79 Å². The predicted octanol–water partition coefficient (Wildman–Crippen LogP) is 1.05. The van der Waals surface area contributed by atoms with E-state index < -0.39 is 11.9 Å². The van der Waals surface area contributed by atoms with E-state index in [1.54, 1.807) is 12.1 Å². The number of hydrogen-bond donors (Lipinski definition) is 2. The summed E-state index contributed by atoms with van der Waals surface area (Å²) < 4.78 is 11.3. The highest BCUT2D eigenvalue weighted by atomic mass is 79.9. The van der Waals surface area contributed by atoms with Gasteiger partial charge in [0.1, 0.15) is 0 Å². The third-order valence-electron chi connectivity index (χ3n) is 2.30. The molecule has 0 radical (unpaired) electrons. The number of halogens is 1. The molecule has 5 nitrogen and oxygen atoms in total. The van der Waals surface area contributed by atoms with E-state index in [0.29, 0.717) is 11.5 Å². The summed E-state index contributed by atoms with van der Waals surface area (Å²) in [6, 6.07) is 3.14. The van der Waals surface area contributed by atoms with Gasteiger partial charge in [0.15, 0.2) is 11.5 Å². The van der Waals surface area contributed by atoms with Crippen LogP contribution < -0.4 is 20.9 Å². The smallest absolute Gasteiger partial charge is 0.231 e. The molecule has 0 saturated heterocycles. The van der Waals surface area contributed by atoms with Crippen LogP contribution in [-0.2, 0) is 4.79 Å². The van der Waals surface area contributed by atoms with Crippen LogP contribution in [0.1, 0.15) is 18.0 Å². The summed E-state index contributed by atoms with van der Waals surface area (Å²) in [7, 11) is 0. The van der Waals surface area contributed by atoms with Crippen molar-refractivity contribution >= 4 is 21.8 Å². The summed E-state index contributed by atoms with van der Waals surface area (Å²) in [4.78, 5) is 10.8. The van der Waals surface area contributed by atoms with Crippen molar-refractivity contribution in [3.05, 3.63) is 22.2 Å². The van der Waals surface area contributed by atoms with Crippen LogP contribution in [0.2, 0.25) is 0 Å². The van der Waals surface area contributed by atoms with Gasteiger partial charge in [0.2, 0.25) is 12.7 Å². The zero-order valence-corrected chi connectivity index (χ0v) is 9.99. The molecule has 1 aliphatic heterocycles. The molecule has 0 aliphatic carbocycles. The van der Waals surface area contributed by atoms with Crippen molar-refractivity contribution in [1.29, 1.82) is 0 Å². The molecule has 1 atom stereocenters. The lowest BCUT2D eigenvalue weighted by atomic mass is 10.0. The van der Waals surface area contributed by atoms with E-state index in [1.807, 2.05) is 0 Å². The van der Waals surface area contributed by atoms with Crippen molar-refractivity contribution in [3.63, 3.8) is 0 Å². The molecule has 0 spiro atoms. The first-order valence-corrected chi connectivity index (χ1v) is 5.50. The Balaban J connectivity index is 2.29. The maximum atomic E-state index is 10.8. The van der Waals surface area contributed by atoms with Crippen molar-refractivity contribution in [2.75, 3.05) is 6.79 Å². The molecule has 16 heavy (non-hydrogen) atoms. The molecule has 2 rings (SSSR count). The highest BCUT2D eigenvalue weighted by Gasteiger charge is 2.20. The number of nitrogens with two attached hydrogens (primary N) is 2. The maximum Gasteiger partial charge on any atom is 0.231 e. The van der Waals surface area contributed by atoms with Gasteiger partial charge < -0.3 is 20.9 Å². The van der Waals surface area contributed by atoms with E-state index in [2.05, 4.69) is 15.9 Å². The van der Waals surface area contributed by atoms with E-state index >= 15 is 0 Å². The molecule has 6 heteroatoms. The van der Waals surface area contributed by atoms with E-state index in [-0.39, 0.29) is 13.2 Å². The van der Waals surface area contributed by atoms with Gasteiger partial charge in [-0.25, -0.2) is 0 Å². The van der Waals surface area contributed by atoms with E-state index in [1.165, 1.54) is 0 Å². The van der Waals surface area contributed by atoms with E-state index in [4.69, 9.17) is 20.9 Å². The number of benzene rings is 1. The molecule has 0 unspecified atom stereocenters. The molecule has 0 saturated carbocycles. The Morgan fingerprint density at radius 2 is 2.25 bits per heavy atom. The third-order valence-corrected chi connectivity index (χ3v) is 2.89. The Morgan fingerprint density at radius 1 is 1.50 bits per heavy atom. The van der Waals surface area contributed by atoms with Gasteiger partial charge in [-0.2, -0.15) is 0 Å². The molecule has 86 valence electrons. The minimum Gasteiger partial charge on any atom is -0.454 e. The summed E-state index contributed by atoms with van der Waals surface area (Å²) in [5.41, 5.74) is 11.7. The van der Waals surface area contributed by atoms with Gasteiger partial charge in [-0.1, -0.05) is 0 Å². The number of hydrogen-bond acceptors (Lipinski definition) is 4. The first kappa shape index (κ1) is 11.2. The molecule has 1 heterocycles. The maximum absolute atomic E-state index is 10.8. The number of ether oxygens (including phenoxy) is 2. The Labute approximate surface area is 101 Å². The van der Waals surface area contributed by atoms with Crippen LogP contribution in [0.15, 0.2) is 16.6 Å². The van der Waals surface area contributed by atoms with Gasteiger partial charge in [0.05, 0.1) is 4.47 Å². The molecule has 0 bridgehead atoms. The van der Waals surface area contributed by atoms with E-state index in [9.17, 15) is 4.79 Å². The van der Waals surface area contributed by atoms with Gasteiger partial charge >= 0.3 is 0 Å². The number of carbonyl (C=O) groups excluding carboxylic acids is 1. The lowest BCUT2D eigenvalue weighted by Crippen LogP contribution is -2.20. The molecule has 1 aromatic carbocycles. The minimum atomic E-state index is -0.429. The average molecular weight is 287 g/mol. The second-order valence-electron chi connectivity index (χ2n) is 3.51. The standard InChI is InChI=1S/C10H11BrN2O3/c11-6-1-5(7(12)3-9(13)14)2-8-10(6)16-4-15-8/h1-2,7H,3-4,12H2,(H2,13,14)/t7-/m1/s1. The van der Waals surface area contributed by atoms with Crippen LogP contribution in [-0.4, -0.2) is 12.7 Å². The van der Waals surface area contributed by atoms with Crippen molar-refractivity contribution in [1.82, 2.24) is 0 Å². The highest BCUT2D eigenvalue weighted by Crippen LogP contribution is 2.41. The Kier molecular flexibility index (Phi) is 3.02. The van der Waals surface area contributed by atoms with Crippen LogP contribution in [0.5, 0.6) is 11.5 Å². The monoisotopic (exact) mass is 286 g/mol. The summed E-state index contributed by atoms with van der Waals surface area (Å²) in [5.74, 6) is 0.862. The second-order valence-corrected chi connectivity index (χ2v) is 4.37. The summed E-state index contributed by atoms with van der Waals surface area (Å²) in [6.07, 6.45) is 0.103. The number of primary amides is 1. The number of rotatable bonds is 3. The normalized spacial score (nSPS) is 14.9. The van der Waals surface area contributed by atoms with Crippen molar-refractivity contribution in [2.45, 2.75) is 12.5 Å². The van der Waals surface area contributed by atoms with Crippen molar-refractivity contribution < 1.29 is 14.3 Å². The number of amides is 1. The van der Waals surface area contributed by atoms with Gasteiger partial charge in [-0.05, 0) is 33.6 Å². The SMILES string of the molecule is NC(=O)C[C@@H](N)c1cc(Br)c2c(c1)OCO2. The molecule has 0 aromatic heterocycles. The Hall–Kier alpha value is -1.27. The zero-order valence-electron chi connectivity index (χ0n) is 8.40. The molecule has 1 amide bonds. The van der Waals surface area contributed by atoms with Gasteiger partial charge in [0.25, 0.3) is 0 Å². The van der Waals surface area contributed by atoms with Crippen LogP contribution in [0.4, 0.5) is 0 Å². The van der Waals surface area contributed by atoms with Gasteiger partial charge in [-0.15, -0.1) is 0 Å². The predicted molar refractivity (Wildman–Crippen MR) is 61.0 cm³/mol.